The monoisotopic (exact) mass is 194 g/mol. The summed E-state index contributed by atoms with van der Waals surface area (Å²) in [6.45, 7) is 3.25. The number of aliphatic hydroxyl groups excluding tert-OH is 1. The van der Waals surface area contributed by atoms with Gasteiger partial charge in [-0.25, -0.2) is 0 Å². The second-order valence-corrected chi connectivity index (χ2v) is 3.35. The van der Waals surface area contributed by atoms with Crippen molar-refractivity contribution in [1.29, 1.82) is 0 Å². The third-order valence-electron chi connectivity index (χ3n) is 2.10. The highest BCUT2D eigenvalue weighted by atomic mass is 16.5. The van der Waals surface area contributed by atoms with Crippen molar-refractivity contribution in [3.05, 3.63) is 35.9 Å². The molecule has 0 fully saturated rings. The minimum absolute atomic E-state index is 0.393. The first-order valence-electron chi connectivity index (χ1n) is 5.15. The SMILES string of the molecule is CCCCOCC(O)c1ccccc1. The van der Waals surface area contributed by atoms with Crippen molar-refractivity contribution in [3.8, 4) is 0 Å². The molecule has 1 aromatic carbocycles. The predicted molar refractivity (Wildman–Crippen MR) is 57.1 cm³/mol. The van der Waals surface area contributed by atoms with Gasteiger partial charge in [0.05, 0.1) is 6.61 Å². The van der Waals surface area contributed by atoms with Gasteiger partial charge in [0.1, 0.15) is 6.10 Å². The van der Waals surface area contributed by atoms with Crippen LogP contribution in [0, 0.1) is 0 Å². The lowest BCUT2D eigenvalue weighted by atomic mass is 10.1. The molecule has 1 N–H and O–H groups in total. The van der Waals surface area contributed by atoms with E-state index in [1.807, 2.05) is 30.3 Å². The van der Waals surface area contributed by atoms with E-state index in [0.717, 1.165) is 25.0 Å². The Kier molecular flexibility index (Phi) is 5.27. The van der Waals surface area contributed by atoms with Crippen LogP contribution in [0.25, 0.3) is 0 Å². The summed E-state index contributed by atoms with van der Waals surface area (Å²) in [5, 5.41) is 9.69. The van der Waals surface area contributed by atoms with E-state index in [9.17, 15) is 5.11 Å². The first kappa shape index (κ1) is 11.2. The fourth-order valence-electron chi connectivity index (χ4n) is 1.21. The summed E-state index contributed by atoms with van der Waals surface area (Å²) in [5.41, 5.74) is 0.920. The molecule has 0 amide bonds. The molecule has 0 spiro atoms. The number of ether oxygens (including phenoxy) is 1. The number of rotatable bonds is 6. The minimum Gasteiger partial charge on any atom is -0.386 e. The fourth-order valence-corrected chi connectivity index (χ4v) is 1.21. The Hall–Kier alpha value is -0.860. The summed E-state index contributed by atoms with van der Waals surface area (Å²) in [6.07, 6.45) is 1.69. The van der Waals surface area contributed by atoms with Gasteiger partial charge in [0.15, 0.2) is 0 Å². The summed E-state index contributed by atoms with van der Waals surface area (Å²) < 4.78 is 5.34. The van der Waals surface area contributed by atoms with Gasteiger partial charge in [0.2, 0.25) is 0 Å². The molecule has 0 saturated carbocycles. The molecule has 1 aromatic rings. The predicted octanol–water partition coefficient (Wildman–Crippen LogP) is 2.54. The molecule has 1 unspecified atom stereocenters. The van der Waals surface area contributed by atoms with Gasteiger partial charge in [-0.05, 0) is 12.0 Å². The van der Waals surface area contributed by atoms with E-state index >= 15 is 0 Å². The lowest BCUT2D eigenvalue weighted by molar-refractivity contribution is 0.0349. The van der Waals surface area contributed by atoms with Crippen LogP contribution in [0.3, 0.4) is 0 Å². The molecular formula is C12H18O2. The largest absolute Gasteiger partial charge is 0.386 e. The quantitative estimate of drug-likeness (QED) is 0.705. The highest BCUT2D eigenvalue weighted by molar-refractivity contribution is 5.17. The molecule has 2 nitrogen and oxygen atoms in total. The number of hydrogen-bond donors (Lipinski definition) is 1. The number of hydrogen-bond acceptors (Lipinski definition) is 2. The number of benzene rings is 1. The normalized spacial score (nSPS) is 12.7. The highest BCUT2D eigenvalue weighted by Crippen LogP contribution is 2.11. The molecule has 0 saturated heterocycles. The average Bonchev–Trinajstić information content (AvgIpc) is 2.25. The first-order valence-corrected chi connectivity index (χ1v) is 5.15. The van der Waals surface area contributed by atoms with Crippen molar-refractivity contribution in [2.45, 2.75) is 25.9 Å². The molecule has 0 aliphatic heterocycles. The standard InChI is InChI=1S/C12H18O2/c1-2-3-9-14-10-12(13)11-7-5-4-6-8-11/h4-8,12-13H,2-3,9-10H2,1H3. The van der Waals surface area contributed by atoms with Gasteiger partial charge in [-0.3, -0.25) is 0 Å². The van der Waals surface area contributed by atoms with Gasteiger partial charge in [0.25, 0.3) is 0 Å². The van der Waals surface area contributed by atoms with Crippen LogP contribution in [0.2, 0.25) is 0 Å². The number of aliphatic hydroxyl groups is 1. The molecule has 2 heteroatoms. The fraction of sp³-hybridized carbons (Fsp3) is 0.500. The Labute approximate surface area is 85.5 Å². The van der Waals surface area contributed by atoms with Crippen molar-refractivity contribution in [1.82, 2.24) is 0 Å². The Morgan fingerprint density at radius 1 is 1.29 bits per heavy atom. The van der Waals surface area contributed by atoms with E-state index in [0.29, 0.717) is 6.61 Å². The van der Waals surface area contributed by atoms with Crippen LogP contribution >= 0.6 is 0 Å². The summed E-state index contributed by atoms with van der Waals surface area (Å²) in [5.74, 6) is 0. The molecule has 0 aromatic heterocycles. The Morgan fingerprint density at radius 2 is 2.00 bits per heavy atom. The van der Waals surface area contributed by atoms with E-state index in [-0.39, 0.29) is 0 Å². The molecule has 14 heavy (non-hydrogen) atoms. The van der Waals surface area contributed by atoms with Gasteiger partial charge in [-0.15, -0.1) is 0 Å². The van der Waals surface area contributed by atoms with E-state index in [2.05, 4.69) is 6.92 Å². The Balaban J connectivity index is 2.25. The highest BCUT2D eigenvalue weighted by Gasteiger charge is 2.05. The Bertz CT molecular complexity index is 233. The second kappa shape index (κ2) is 6.57. The van der Waals surface area contributed by atoms with Crippen LogP contribution in [0.1, 0.15) is 31.4 Å². The van der Waals surface area contributed by atoms with Gasteiger partial charge in [0, 0.05) is 6.61 Å². The van der Waals surface area contributed by atoms with E-state index in [1.54, 1.807) is 0 Å². The number of unbranched alkanes of at least 4 members (excludes halogenated alkanes) is 1. The van der Waals surface area contributed by atoms with Crippen LogP contribution < -0.4 is 0 Å². The van der Waals surface area contributed by atoms with E-state index in [1.165, 1.54) is 0 Å². The first-order chi connectivity index (χ1) is 6.84. The lowest BCUT2D eigenvalue weighted by Gasteiger charge is -2.10. The zero-order valence-electron chi connectivity index (χ0n) is 8.65. The van der Waals surface area contributed by atoms with Crippen molar-refractivity contribution < 1.29 is 9.84 Å². The van der Waals surface area contributed by atoms with Crippen LogP contribution in [0.5, 0.6) is 0 Å². The summed E-state index contributed by atoms with van der Waals surface area (Å²) >= 11 is 0. The molecule has 0 aliphatic rings. The molecule has 1 atom stereocenters. The third kappa shape index (κ3) is 3.90. The zero-order valence-corrected chi connectivity index (χ0v) is 8.65. The topological polar surface area (TPSA) is 29.5 Å². The van der Waals surface area contributed by atoms with Crippen LogP contribution in [0.15, 0.2) is 30.3 Å². The van der Waals surface area contributed by atoms with Crippen molar-refractivity contribution in [3.63, 3.8) is 0 Å². The van der Waals surface area contributed by atoms with Crippen LogP contribution in [0.4, 0.5) is 0 Å². The van der Waals surface area contributed by atoms with Gasteiger partial charge in [-0.1, -0.05) is 43.7 Å². The van der Waals surface area contributed by atoms with Crippen molar-refractivity contribution in [2.75, 3.05) is 13.2 Å². The van der Waals surface area contributed by atoms with Crippen LogP contribution in [-0.4, -0.2) is 18.3 Å². The maximum absolute atomic E-state index is 9.69. The molecular weight excluding hydrogens is 176 g/mol. The summed E-state index contributed by atoms with van der Waals surface area (Å²) in [7, 11) is 0. The maximum atomic E-state index is 9.69. The second-order valence-electron chi connectivity index (χ2n) is 3.35. The summed E-state index contributed by atoms with van der Waals surface area (Å²) in [4.78, 5) is 0. The van der Waals surface area contributed by atoms with Crippen molar-refractivity contribution in [2.24, 2.45) is 0 Å². The van der Waals surface area contributed by atoms with Gasteiger partial charge in [-0.2, -0.15) is 0 Å². The smallest absolute Gasteiger partial charge is 0.102 e. The summed E-state index contributed by atoms with van der Waals surface area (Å²) in [6, 6.07) is 9.60. The maximum Gasteiger partial charge on any atom is 0.102 e. The Morgan fingerprint density at radius 3 is 2.64 bits per heavy atom. The molecule has 0 bridgehead atoms. The molecule has 1 rings (SSSR count). The van der Waals surface area contributed by atoms with Gasteiger partial charge < -0.3 is 9.84 Å². The molecule has 0 radical (unpaired) electrons. The third-order valence-corrected chi connectivity index (χ3v) is 2.10. The molecule has 0 heterocycles. The lowest BCUT2D eigenvalue weighted by Crippen LogP contribution is -2.07. The van der Waals surface area contributed by atoms with Crippen LogP contribution in [-0.2, 0) is 4.74 Å². The zero-order chi connectivity index (χ0) is 10.2. The minimum atomic E-state index is -0.493. The van der Waals surface area contributed by atoms with Crippen molar-refractivity contribution >= 4 is 0 Å². The average molecular weight is 194 g/mol. The van der Waals surface area contributed by atoms with E-state index < -0.39 is 6.10 Å². The van der Waals surface area contributed by atoms with E-state index in [4.69, 9.17) is 4.74 Å². The molecule has 0 aliphatic carbocycles. The molecule has 78 valence electrons. The van der Waals surface area contributed by atoms with Gasteiger partial charge >= 0.3 is 0 Å².